The van der Waals surface area contributed by atoms with Crippen molar-refractivity contribution in [1.29, 1.82) is 0 Å². The lowest BCUT2D eigenvalue weighted by atomic mass is 9.79. The van der Waals surface area contributed by atoms with Crippen molar-refractivity contribution < 1.29 is 14.3 Å². The van der Waals surface area contributed by atoms with Crippen LogP contribution in [0.15, 0.2) is 11.4 Å². The molecule has 2 amide bonds. The van der Waals surface area contributed by atoms with Crippen LogP contribution in [0.5, 0.6) is 0 Å². The molecule has 1 atom stereocenters. The van der Waals surface area contributed by atoms with Crippen LogP contribution >= 0.6 is 11.3 Å². The molecule has 2 aliphatic rings. The number of aryl methyl sites for hydroxylation is 1. The van der Waals surface area contributed by atoms with Gasteiger partial charge in [0.05, 0.1) is 16.9 Å². The molecule has 1 aromatic rings. The fourth-order valence-electron chi connectivity index (χ4n) is 3.87. The van der Waals surface area contributed by atoms with Gasteiger partial charge in [-0.15, -0.1) is 11.3 Å². The van der Waals surface area contributed by atoms with E-state index in [1.165, 1.54) is 11.3 Å². The maximum atomic E-state index is 12.9. The fourth-order valence-corrected chi connectivity index (χ4v) is 4.73. The zero-order valence-electron chi connectivity index (χ0n) is 14.5. The first-order valence-corrected chi connectivity index (χ1v) is 9.56. The number of carbonyl (C=O) groups excluding carboxylic acids is 2. The minimum absolute atomic E-state index is 0.117. The van der Waals surface area contributed by atoms with Gasteiger partial charge >= 0.3 is 0 Å². The summed E-state index contributed by atoms with van der Waals surface area (Å²) in [7, 11) is 1.66. The lowest BCUT2D eigenvalue weighted by Gasteiger charge is -2.26. The smallest absolute Gasteiger partial charge is 0.263 e. The molecule has 2 saturated heterocycles. The van der Waals surface area contributed by atoms with Gasteiger partial charge in [-0.25, -0.2) is 0 Å². The molecule has 1 spiro atoms. The number of hydrogen-bond acceptors (Lipinski definition) is 4. The number of amides is 2. The van der Waals surface area contributed by atoms with Crippen molar-refractivity contribution in [2.45, 2.75) is 32.6 Å². The topological polar surface area (TPSA) is 49.9 Å². The van der Waals surface area contributed by atoms with Crippen LogP contribution in [0, 0.1) is 12.3 Å². The molecule has 0 aliphatic carbocycles. The van der Waals surface area contributed by atoms with Crippen molar-refractivity contribution in [2.24, 2.45) is 5.41 Å². The van der Waals surface area contributed by atoms with Gasteiger partial charge in [0.2, 0.25) is 5.91 Å². The number of thiophene rings is 1. The average molecular weight is 350 g/mol. The molecule has 6 heteroatoms. The van der Waals surface area contributed by atoms with Crippen LogP contribution in [0.25, 0.3) is 0 Å². The molecule has 2 aliphatic heterocycles. The number of likely N-dealkylation sites (tertiary alicyclic amines) is 2. The summed E-state index contributed by atoms with van der Waals surface area (Å²) in [5.41, 5.74) is 0.878. The number of methoxy groups -OCH3 is 1. The van der Waals surface area contributed by atoms with Crippen LogP contribution in [-0.4, -0.2) is 61.5 Å². The van der Waals surface area contributed by atoms with Crippen molar-refractivity contribution in [3.63, 3.8) is 0 Å². The summed E-state index contributed by atoms with van der Waals surface area (Å²) < 4.78 is 5.11. The van der Waals surface area contributed by atoms with Gasteiger partial charge in [0.1, 0.15) is 0 Å². The minimum atomic E-state index is -0.256. The number of rotatable bonds is 4. The van der Waals surface area contributed by atoms with Gasteiger partial charge < -0.3 is 14.5 Å². The van der Waals surface area contributed by atoms with E-state index in [0.29, 0.717) is 19.7 Å². The Labute approximate surface area is 147 Å². The summed E-state index contributed by atoms with van der Waals surface area (Å²) in [4.78, 5) is 30.2. The van der Waals surface area contributed by atoms with Crippen molar-refractivity contribution in [2.75, 3.05) is 39.9 Å². The molecular weight excluding hydrogens is 324 g/mol. The maximum Gasteiger partial charge on any atom is 0.263 e. The van der Waals surface area contributed by atoms with E-state index in [4.69, 9.17) is 4.74 Å². The standard InChI is InChI=1S/C18H26N2O3S/c1-14-12-15(24-13-14)16(21)19-7-3-4-18(5-8-19)6-9-20(17(18)22)10-11-23-2/h12-13H,3-11H2,1-2H3. The predicted octanol–water partition coefficient (Wildman–Crippen LogP) is 2.55. The maximum absolute atomic E-state index is 12.9. The van der Waals surface area contributed by atoms with Gasteiger partial charge in [-0.2, -0.15) is 0 Å². The summed E-state index contributed by atoms with van der Waals surface area (Å²) in [6.45, 7) is 5.53. The Morgan fingerprint density at radius 3 is 2.79 bits per heavy atom. The van der Waals surface area contributed by atoms with Crippen molar-refractivity contribution in [3.05, 3.63) is 21.9 Å². The number of hydrogen-bond donors (Lipinski definition) is 0. The highest BCUT2D eigenvalue weighted by Gasteiger charge is 2.47. The van der Waals surface area contributed by atoms with Crippen LogP contribution in [-0.2, 0) is 9.53 Å². The van der Waals surface area contributed by atoms with E-state index in [9.17, 15) is 9.59 Å². The van der Waals surface area contributed by atoms with Crippen LogP contribution in [0.3, 0.4) is 0 Å². The molecule has 3 heterocycles. The first kappa shape index (κ1) is 17.4. The molecular formula is C18H26N2O3S. The third-order valence-corrected chi connectivity index (χ3v) is 6.37. The Bertz CT molecular complexity index is 615. The zero-order chi connectivity index (χ0) is 17.2. The molecule has 2 fully saturated rings. The number of ether oxygens (including phenoxy) is 1. The molecule has 132 valence electrons. The Morgan fingerprint density at radius 2 is 2.08 bits per heavy atom. The van der Waals surface area contributed by atoms with E-state index in [1.54, 1.807) is 7.11 Å². The predicted molar refractivity (Wildman–Crippen MR) is 94.3 cm³/mol. The van der Waals surface area contributed by atoms with Gasteiger partial charge in [0, 0.05) is 33.3 Å². The van der Waals surface area contributed by atoms with E-state index in [-0.39, 0.29) is 17.2 Å². The number of carbonyl (C=O) groups is 2. The molecule has 5 nitrogen and oxygen atoms in total. The molecule has 0 bridgehead atoms. The van der Waals surface area contributed by atoms with Crippen molar-refractivity contribution in [1.82, 2.24) is 9.80 Å². The van der Waals surface area contributed by atoms with Gasteiger partial charge in [-0.3, -0.25) is 9.59 Å². The van der Waals surface area contributed by atoms with E-state index < -0.39 is 0 Å². The monoisotopic (exact) mass is 350 g/mol. The highest BCUT2D eigenvalue weighted by molar-refractivity contribution is 7.12. The molecule has 3 rings (SSSR count). The fraction of sp³-hybridized carbons (Fsp3) is 0.667. The third kappa shape index (κ3) is 3.35. The largest absolute Gasteiger partial charge is 0.383 e. The first-order chi connectivity index (χ1) is 11.6. The van der Waals surface area contributed by atoms with Crippen LogP contribution < -0.4 is 0 Å². The molecule has 24 heavy (non-hydrogen) atoms. The third-order valence-electron chi connectivity index (χ3n) is 5.34. The summed E-state index contributed by atoms with van der Waals surface area (Å²) in [5, 5.41) is 2.01. The highest BCUT2D eigenvalue weighted by Crippen LogP contribution is 2.41. The van der Waals surface area contributed by atoms with Gasteiger partial charge in [-0.05, 0) is 49.6 Å². The lowest BCUT2D eigenvalue weighted by molar-refractivity contribution is -0.137. The minimum Gasteiger partial charge on any atom is -0.383 e. The Kier molecular flexibility index (Phi) is 5.25. The van der Waals surface area contributed by atoms with E-state index >= 15 is 0 Å². The van der Waals surface area contributed by atoms with Crippen LogP contribution in [0.1, 0.15) is 40.9 Å². The normalized spacial score (nSPS) is 24.7. The average Bonchev–Trinajstić information content (AvgIpc) is 3.05. The summed E-state index contributed by atoms with van der Waals surface area (Å²) >= 11 is 1.51. The second-order valence-corrected chi connectivity index (χ2v) is 7.86. The Balaban J connectivity index is 1.65. The molecule has 0 aromatic carbocycles. The highest BCUT2D eigenvalue weighted by atomic mass is 32.1. The Morgan fingerprint density at radius 1 is 1.29 bits per heavy atom. The quantitative estimate of drug-likeness (QED) is 0.838. The zero-order valence-corrected chi connectivity index (χ0v) is 15.4. The van der Waals surface area contributed by atoms with E-state index in [2.05, 4.69) is 0 Å². The second-order valence-electron chi connectivity index (χ2n) is 6.95. The molecule has 1 aromatic heterocycles. The van der Waals surface area contributed by atoms with Gasteiger partial charge in [-0.1, -0.05) is 0 Å². The molecule has 0 saturated carbocycles. The van der Waals surface area contributed by atoms with E-state index in [0.717, 1.165) is 49.2 Å². The summed E-state index contributed by atoms with van der Waals surface area (Å²) in [6.07, 6.45) is 3.49. The summed E-state index contributed by atoms with van der Waals surface area (Å²) in [5.74, 6) is 0.382. The molecule has 0 radical (unpaired) electrons. The second kappa shape index (κ2) is 7.23. The van der Waals surface area contributed by atoms with Crippen molar-refractivity contribution >= 4 is 23.2 Å². The Hall–Kier alpha value is -1.40. The SMILES string of the molecule is COCCN1CCC2(CCCN(C(=O)c3cc(C)cs3)CC2)C1=O. The lowest BCUT2D eigenvalue weighted by Crippen LogP contribution is -2.37. The molecule has 0 N–H and O–H groups in total. The van der Waals surface area contributed by atoms with Crippen LogP contribution in [0.2, 0.25) is 0 Å². The molecule has 1 unspecified atom stereocenters. The number of nitrogens with zero attached hydrogens (tertiary/aromatic N) is 2. The summed E-state index contributed by atoms with van der Waals surface area (Å²) in [6, 6.07) is 1.96. The van der Waals surface area contributed by atoms with Crippen LogP contribution in [0.4, 0.5) is 0 Å². The van der Waals surface area contributed by atoms with E-state index in [1.807, 2.05) is 28.2 Å². The van der Waals surface area contributed by atoms with Crippen molar-refractivity contribution in [3.8, 4) is 0 Å². The van der Waals surface area contributed by atoms with Gasteiger partial charge in [0.25, 0.3) is 5.91 Å². The van der Waals surface area contributed by atoms with Gasteiger partial charge in [0.15, 0.2) is 0 Å². The first-order valence-electron chi connectivity index (χ1n) is 8.68.